The zero-order chi connectivity index (χ0) is 9.68. The summed E-state index contributed by atoms with van der Waals surface area (Å²) < 4.78 is 5.16. The van der Waals surface area contributed by atoms with E-state index in [9.17, 15) is 9.90 Å². The second kappa shape index (κ2) is 6.87. The van der Waals surface area contributed by atoms with Gasteiger partial charge in [0.1, 0.15) is 11.9 Å². The Morgan fingerprint density at radius 3 is 2.43 bits per heavy atom. The van der Waals surface area contributed by atoms with Crippen LogP contribution in [-0.4, -0.2) is 12.1 Å². The Bertz CT molecular complexity index is 274. The minimum Gasteiger partial charge on any atom is -0.546 e. The molecule has 0 aliphatic carbocycles. The van der Waals surface area contributed by atoms with Crippen molar-refractivity contribution >= 4 is 5.97 Å². The fraction of sp³-hybridized carbons (Fsp3) is 0.300. The topological polar surface area (TPSA) is 49.4 Å². The van der Waals surface area contributed by atoms with Gasteiger partial charge in [0.25, 0.3) is 0 Å². The Balaban J connectivity index is 0.00000169. The predicted octanol–water partition coefficient (Wildman–Crippen LogP) is -2.40. The summed E-state index contributed by atoms with van der Waals surface area (Å²) in [6.07, 6.45) is -0.459. The number of carboxylic acids is 1. The molecule has 0 unspecified atom stereocenters. The summed E-state index contributed by atoms with van der Waals surface area (Å²) in [6.45, 7) is 1.74. The molecule has 3 nitrogen and oxygen atoms in total. The van der Waals surface area contributed by atoms with Crippen molar-refractivity contribution in [2.45, 2.75) is 19.4 Å². The number of para-hydroxylation sites is 1. The number of carbonyl (C=O) groups is 1. The molecule has 14 heavy (non-hydrogen) atoms. The van der Waals surface area contributed by atoms with Gasteiger partial charge in [0.15, 0.2) is 0 Å². The molecule has 0 spiro atoms. The fourth-order valence-electron chi connectivity index (χ4n) is 0.961. The first-order valence-electron chi connectivity index (χ1n) is 4.16. The first-order valence-corrected chi connectivity index (χ1v) is 4.16. The van der Waals surface area contributed by atoms with E-state index in [-0.39, 0.29) is 29.6 Å². The second-order valence-corrected chi connectivity index (χ2v) is 2.65. The SMILES string of the molecule is CC[C@H](Oc1ccccc1)C(=O)[O-].[Na+]. The Labute approximate surface area is 105 Å². The average Bonchev–Trinajstić information content (AvgIpc) is 2.15. The number of hydrogen-bond donors (Lipinski definition) is 0. The van der Waals surface area contributed by atoms with Gasteiger partial charge in [-0.1, -0.05) is 25.1 Å². The van der Waals surface area contributed by atoms with E-state index in [4.69, 9.17) is 4.74 Å². The van der Waals surface area contributed by atoms with E-state index in [1.165, 1.54) is 0 Å². The Morgan fingerprint density at radius 2 is 2.00 bits per heavy atom. The van der Waals surface area contributed by atoms with Crippen LogP contribution in [0.1, 0.15) is 13.3 Å². The maximum atomic E-state index is 10.5. The van der Waals surface area contributed by atoms with Gasteiger partial charge in [-0.3, -0.25) is 0 Å². The molecule has 4 heteroatoms. The summed E-state index contributed by atoms with van der Waals surface area (Å²) in [7, 11) is 0. The molecule has 1 aromatic rings. The summed E-state index contributed by atoms with van der Waals surface area (Å²) in [4.78, 5) is 10.5. The molecule has 0 fully saturated rings. The van der Waals surface area contributed by atoms with Gasteiger partial charge in [0.2, 0.25) is 0 Å². The van der Waals surface area contributed by atoms with Gasteiger partial charge in [0, 0.05) is 0 Å². The van der Waals surface area contributed by atoms with E-state index in [2.05, 4.69) is 0 Å². The monoisotopic (exact) mass is 202 g/mol. The number of benzene rings is 1. The molecular formula is C10H11NaO3. The first kappa shape index (κ1) is 13.5. The van der Waals surface area contributed by atoms with Crippen molar-refractivity contribution in [3.8, 4) is 5.75 Å². The van der Waals surface area contributed by atoms with Crippen molar-refractivity contribution in [1.29, 1.82) is 0 Å². The zero-order valence-electron chi connectivity index (χ0n) is 8.40. The minimum atomic E-state index is -1.17. The molecule has 0 amide bonds. The van der Waals surface area contributed by atoms with Gasteiger partial charge >= 0.3 is 29.6 Å². The third-order valence-corrected chi connectivity index (χ3v) is 1.66. The van der Waals surface area contributed by atoms with Crippen LogP contribution in [0.15, 0.2) is 30.3 Å². The van der Waals surface area contributed by atoms with Crippen LogP contribution in [-0.2, 0) is 4.79 Å². The van der Waals surface area contributed by atoms with Gasteiger partial charge in [0.05, 0.1) is 5.97 Å². The molecule has 0 saturated carbocycles. The molecule has 0 aliphatic rings. The molecule has 0 radical (unpaired) electrons. The normalized spacial score (nSPS) is 11.2. The molecule has 0 aromatic heterocycles. The second-order valence-electron chi connectivity index (χ2n) is 2.65. The van der Waals surface area contributed by atoms with Crippen LogP contribution < -0.4 is 39.4 Å². The van der Waals surface area contributed by atoms with Gasteiger partial charge in [-0.15, -0.1) is 0 Å². The van der Waals surface area contributed by atoms with E-state index < -0.39 is 12.1 Å². The first-order chi connectivity index (χ1) is 6.24. The Hall–Kier alpha value is -0.510. The van der Waals surface area contributed by atoms with E-state index in [1.807, 2.05) is 6.07 Å². The van der Waals surface area contributed by atoms with Gasteiger partial charge in [-0.2, -0.15) is 0 Å². The molecule has 0 N–H and O–H groups in total. The quantitative estimate of drug-likeness (QED) is 0.511. The largest absolute Gasteiger partial charge is 1.00 e. The summed E-state index contributed by atoms with van der Waals surface area (Å²) in [5, 5.41) is 10.5. The van der Waals surface area contributed by atoms with Crippen LogP contribution in [0.3, 0.4) is 0 Å². The number of carboxylic acid groups (broad SMARTS) is 1. The molecule has 1 rings (SSSR count). The molecule has 0 saturated heterocycles. The number of hydrogen-bond acceptors (Lipinski definition) is 3. The maximum absolute atomic E-state index is 10.5. The predicted molar refractivity (Wildman–Crippen MR) is 46.2 cm³/mol. The Morgan fingerprint density at radius 1 is 1.43 bits per heavy atom. The van der Waals surface area contributed by atoms with Crippen molar-refractivity contribution in [1.82, 2.24) is 0 Å². The molecule has 0 bridgehead atoms. The van der Waals surface area contributed by atoms with Crippen LogP contribution in [0.2, 0.25) is 0 Å². The van der Waals surface area contributed by atoms with E-state index in [0.29, 0.717) is 12.2 Å². The number of rotatable bonds is 4. The summed E-state index contributed by atoms with van der Waals surface area (Å²) >= 11 is 0. The van der Waals surface area contributed by atoms with E-state index in [0.717, 1.165) is 0 Å². The van der Waals surface area contributed by atoms with Crippen LogP contribution in [0.25, 0.3) is 0 Å². The van der Waals surface area contributed by atoms with Crippen LogP contribution >= 0.6 is 0 Å². The van der Waals surface area contributed by atoms with Gasteiger partial charge in [-0.05, 0) is 18.6 Å². The van der Waals surface area contributed by atoms with Crippen molar-refractivity contribution in [2.75, 3.05) is 0 Å². The minimum absolute atomic E-state index is 0. The number of carbonyl (C=O) groups excluding carboxylic acids is 1. The molecule has 0 heterocycles. The van der Waals surface area contributed by atoms with Crippen LogP contribution in [0, 0.1) is 0 Å². The standard InChI is InChI=1S/C10H12O3.Na/c1-2-9(10(11)12)13-8-6-4-3-5-7-8;/h3-7,9H,2H2,1H3,(H,11,12);/q;+1/p-1/t9-;/m0./s1. The van der Waals surface area contributed by atoms with Crippen LogP contribution in [0.5, 0.6) is 5.75 Å². The van der Waals surface area contributed by atoms with E-state index in [1.54, 1.807) is 31.2 Å². The molecular weight excluding hydrogens is 191 g/mol. The Kier molecular flexibility index (Phi) is 6.62. The fourth-order valence-corrected chi connectivity index (χ4v) is 0.961. The zero-order valence-corrected chi connectivity index (χ0v) is 10.4. The van der Waals surface area contributed by atoms with Gasteiger partial charge in [-0.25, -0.2) is 0 Å². The van der Waals surface area contributed by atoms with Gasteiger partial charge < -0.3 is 14.6 Å². The third-order valence-electron chi connectivity index (χ3n) is 1.66. The number of aliphatic carboxylic acids is 1. The maximum Gasteiger partial charge on any atom is 1.00 e. The van der Waals surface area contributed by atoms with Crippen LogP contribution in [0.4, 0.5) is 0 Å². The van der Waals surface area contributed by atoms with Crippen molar-refractivity contribution in [2.24, 2.45) is 0 Å². The average molecular weight is 202 g/mol. The molecule has 1 atom stereocenters. The molecule has 1 aromatic carbocycles. The van der Waals surface area contributed by atoms with E-state index >= 15 is 0 Å². The molecule has 70 valence electrons. The third kappa shape index (κ3) is 4.13. The summed E-state index contributed by atoms with van der Waals surface area (Å²) in [5.74, 6) is -0.620. The smallest absolute Gasteiger partial charge is 0.546 e. The van der Waals surface area contributed by atoms with Crippen molar-refractivity contribution < 1.29 is 44.2 Å². The summed E-state index contributed by atoms with van der Waals surface area (Å²) in [6, 6.07) is 8.85. The summed E-state index contributed by atoms with van der Waals surface area (Å²) in [5.41, 5.74) is 0. The van der Waals surface area contributed by atoms with Crippen molar-refractivity contribution in [3.63, 3.8) is 0 Å². The van der Waals surface area contributed by atoms with Crippen molar-refractivity contribution in [3.05, 3.63) is 30.3 Å². The number of ether oxygens (including phenoxy) is 1. The molecule has 0 aliphatic heterocycles.